The van der Waals surface area contributed by atoms with Crippen molar-refractivity contribution in [1.82, 2.24) is 10.3 Å². The van der Waals surface area contributed by atoms with E-state index in [0.29, 0.717) is 17.4 Å². The predicted octanol–water partition coefficient (Wildman–Crippen LogP) is 4.28. The first-order chi connectivity index (χ1) is 13.9. The highest BCUT2D eigenvalue weighted by molar-refractivity contribution is 6.05. The van der Waals surface area contributed by atoms with Crippen LogP contribution in [0.25, 0.3) is 10.9 Å². The lowest BCUT2D eigenvalue weighted by Crippen LogP contribution is -2.31. The van der Waals surface area contributed by atoms with Gasteiger partial charge in [0.05, 0.1) is 17.1 Å². The monoisotopic (exact) mass is 394 g/mol. The van der Waals surface area contributed by atoms with Crippen LogP contribution in [-0.4, -0.2) is 23.5 Å². The van der Waals surface area contributed by atoms with E-state index in [4.69, 9.17) is 4.74 Å². The van der Waals surface area contributed by atoms with Crippen molar-refractivity contribution >= 4 is 22.8 Å². The van der Waals surface area contributed by atoms with Gasteiger partial charge in [0.15, 0.2) is 6.61 Å². The molecule has 0 saturated carbocycles. The summed E-state index contributed by atoms with van der Waals surface area (Å²) in [6.45, 7) is 5.19. The lowest BCUT2D eigenvalue weighted by atomic mass is 10.0. The van der Waals surface area contributed by atoms with E-state index < -0.39 is 18.5 Å². The predicted molar refractivity (Wildman–Crippen MR) is 109 cm³/mol. The number of benzene rings is 2. The largest absolute Gasteiger partial charge is 0.452 e. The van der Waals surface area contributed by atoms with Crippen LogP contribution in [0.5, 0.6) is 0 Å². The summed E-state index contributed by atoms with van der Waals surface area (Å²) in [6.07, 6.45) is 0.687. The van der Waals surface area contributed by atoms with Crippen molar-refractivity contribution in [3.63, 3.8) is 0 Å². The van der Waals surface area contributed by atoms with Crippen LogP contribution in [0, 0.1) is 12.7 Å². The summed E-state index contributed by atoms with van der Waals surface area (Å²) in [4.78, 5) is 29.6. The summed E-state index contributed by atoms with van der Waals surface area (Å²) in [5.74, 6) is -1.32. The number of amides is 1. The number of nitrogens with zero attached hydrogens (tertiary/aromatic N) is 1. The Morgan fingerprint density at radius 3 is 2.52 bits per heavy atom. The van der Waals surface area contributed by atoms with Crippen LogP contribution in [0.15, 0.2) is 48.5 Å². The SMILES string of the molecule is CCc1nc2ccccc2c(C(=O)OCC(=O)N[C@@H](C)c2ccc(F)cc2)c1C. The van der Waals surface area contributed by atoms with Crippen LogP contribution in [0.1, 0.15) is 47.1 Å². The smallest absolute Gasteiger partial charge is 0.339 e. The molecule has 0 fully saturated rings. The first-order valence-electron chi connectivity index (χ1n) is 9.50. The minimum Gasteiger partial charge on any atom is -0.452 e. The van der Waals surface area contributed by atoms with Crippen molar-refractivity contribution in [1.29, 1.82) is 0 Å². The summed E-state index contributed by atoms with van der Waals surface area (Å²) in [5.41, 5.74) is 3.50. The minimum absolute atomic E-state index is 0.336. The number of esters is 1. The Hall–Kier alpha value is -3.28. The Morgan fingerprint density at radius 2 is 1.83 bits per heavy atom. The zero-order valence-electron chi connectivity index (χ0n) is 16.7. The molecule has 29 heavy (non-hydrogen) atoms. The van der Waals surface area contributed by atoms with Gasteiger partial charge in [-0.1, -0.05) is 37.3 Å². The second-order valence-corrected chi connectivity index (χ2v) is 6.85. The summed E-state index contributed by atoms with van der Waals surface area (Å²) in [5, 5.41) is 3.45. The number of ether oxygens (including phenoxy) is 1. The van der Waals surface area contributed by atoms with Crippen molar-refractivity contribution in [2.24, 2.45) is 0 Å². The molecule has 0 bridgehead atoms. The second-order valence-electron chi connectivity index (χ2n) is 6.85. The van der Waals surface area contributed by atoms with Crippen LogP contribution in [0.4, 0.5) is 4.39 Å². The maximum atomic E-state index is 13.0. The van der Waals surface area contributed by atoms with E-state index in [-0.39, 0.29) is 11.9 Å². The fourth-order valence-corrected chi connectivity index (χ4v) is 3.29. The molecule has 0 aliphatic heterocycles. The molecular weight excluding hydrogens is 371 g/mol. The van der Waals surface area contributed by atoms with Crippen LogP contribution in [0.3, 0.4) is 0 Å². The van der Waals surface area contributed by atoms with Crippen molar-refractivity contribution < 1.29 is 18.7 Å². The van der Waals surface area contributed by atoms with Crippen LogP contribution < -0.4 is 5.32 Å². The molecule has 3 rings (SSSR count). The standard InChI is InChI=1S/C23H23FN2O3/c1-4-19-14(2)22(18-7-5-6-8-20(18)26-19)23(28)29-13-21(27)25-15(3)16-9-11-17(24)12-10-16/h5-12,15H,4,13H2,1-3H3,(H,25,27)/t15-/m0/s1. The molecular formula is C23H23FN2O3. The molecule has 1 atom stereocenters. The quantitative estimate of drug-likeness (QED) is 0.634. The van der Waals surface area contributed by atoms with Gasteiger partial charge >= 0.3 is 5.97 Å². The molecule has 1 amide bonds. The number of halogens is 1. The highest BCUT2D eigenvalue weighted by atomic mass is 19.1. The second kappa shape index (κ2) is 8.82. The van der Waals surface area contributed by atoms with Gasteiger partial charge < -0.3 is 10.1 Å². The highest BCUT2D eigenvalue weighted by Crippen LogP contribution is 2.24. The summed E-state index contributed by atoms with van der Waals surface area (Å²) >= 11 is 0. The van der Waals surface area contributed by atoms with Gasteiger partial charge in [-0.15, -0.1) is 0 Å². The number of pyridine rings is 1. The lowest BCUT2D eigenvalue weighted by Gasteiger charge is -2.16. The number of hydrogen-bond acceptors (Lipinski definition) is 4. The Balaban J connectivity index is 1.71. The number of nitrogens with one attached hydrogen (secondary N) is 1. The molecule has 0 aliphatic rings. The molecule has 2 aromatic carbocycles. The molecule has 1 heterocycles. The van der Waals surface area contributed by atoms with E-state index in [1.807, 2.05) is 38.1 Å². The first-order valence-corrected chi connectivity index (χ1v) is 9.50. The maximum absolute atomic E-state index is 13.0. The first kappa shape index (κ1) is 20.5. The van der Waals surface area contributed by atoms with E-state index >= 15 is 0 Å². The minimum atomic E-state index is -0.555. The van der Waals surface area contributed by atoms with E-state index in [1.54, 1.807) is 19.1 Å². The van der Waals surface area contributed by atoms with Crippen molar-refractivity contribution in [3.8, 4) is 0 Å². The van der Waals surface area contributed by atoms with Gasteiger partial charge in [0.2, 0.25) is 0 Å². The number of aromatic nitrogens is 1. The Kier molecular flexibility index (Phi) is 6.22. The van der Waals surface area contributed by atoms with Gasteiger partial charge in [0.25, 0.3) is 5.91 Å². The normalized spacial score (nSPS) is 11.9. The molecule has 0 unspecified atom stereocenters. The summed E-state index contributed by atoms with van der Waals surface area (Å²) < 4.78 is 18.3. The molecule has 0 radical (unpaired) electrons. The Labute approximate surface area is 168 Å². The molecule has 0 saturated heterocycles. The zero-order chi connectivity index (χ0) is 21.0. The zero-order valence-corrected chi connectivity index (χ0v) is 16.7. The molecule has 0 aliphatic carbocycles. The third kappa shape index (κ3) is 4.59. The van der Waals surface area contributed by atoms with Crippen LogP contribution >= 0.6 is 0 Å². The number of rotatable bonds is 6. The van der Waals surface area contributed by atoms with Gasteiger partial charge in [-0.2, -0.15) is 0 Å². The summed E-state index contributed by atoms with van der Waals surface area (Å²) in [7, 11) is 0. The van der Waals surface area contributed by atoms with Crippen LogP contribution in [-0.2, 0) is 16.0 Å². The van der Waals surface area contributed by atoms with Gasteiger partial charge in [-0.3, -0.25) is 9.78 Å². The van der Waals surface area contributed by atoms with Gasteiger partial charge in [-0.05, 0) is 49.6 Å². The van der Waals surface area contributed by atoms with Crippen molar-refractivity contribution in [2.45, 2.75) is 33.2 Å². The number of para-hydroxylation sites is 1. The molecule has 5 nitrogen and oxygen atoms in total. The molecule has 3 aromatic rings. The van der Waals surface area contributed by atoms with E-state index in [2.05, 4.69) is 10.3 Å². The van der Waals surface area contributed by atoms with Crippen LogP contribution in [0.2, 0.25) is 0 Å². The molecule has 1 aromatic heterocycles. The highest BCUT2D eigenvalue weighted by Gasteiger charge is 2.20. The number of aryl methyl sites for hydroxylation is 1. The van der Waals surface area contributed by atoms with Gasteiger partial charge in [0, 0.05) is 11.1 Å². The fraction of sp³-hybridized carbons (Fsp3) is 0.261. The van der Waals surface area contributed by atoms with Crippen molar-refractivity contribution in [3.05, 3.63) is 76.7 Å². The molecule has 1 N–H and O–H groups in total. The van der Waals surface area contributed by atoms with E-state index in [0.717, 1.165) is 22.3 Å². The molecule has 150 valence electrons. The third-order valence-electron chi connectivity index (χ3n) is 4.86. The van der Waals surface area contributed by atoms with Crippen molar-refractivity contribution in [2.75, 3.05) is 6.61 Å². The maximum Gasteiger partial charge on any atom is 0.339 e. The lowest BCUT2D eigenvalue weighted by molar-refractivity contribution is -0.124. The fourth-order valence-electron chi connectivity index (χ4n) is 3.29. The Morgan fingerprint density at radius 1 is 1.14 bits per heavy atom. The third-order valence-corrected chi connectivity index (χ3v) is 4.86. The average molecular weight is 394 g/mol. The van der Waals surface area contributed by atoms with Gasteiger partial charge in [0.1, 0.15) is 5.82 Å². The van der Waals surface area contributed by atoms with E-state index in [1.165, 1.54) is 12.1 Å². The number of hydrogen-bond donors (Lipinski definition) is 1. The Bertz CT molecular complexity index is 1050. The molecule has 6 heteroatoms. The number of carbonyl (C=O) groups is 2. The van der Waals surface area contributed by atoms with Gasteiger partial charge in [-0.25, -0.2) is 9.18 Å². The average Bonchev–Trinajstić information content (AvgIpc) is 2.72. The summed E-state index contributed by atoms with van der Waals surface area (Å²) in [6, 6.07) is 12.9. The number of fused-ring (bicyclic) bond motifs is 1. The topological polar surface area (TPSA) is 68.3 Å². The number of carbonyl (C=O) groups excluding carboxylic acids is 2. The van der Waals surface area contributed by atoms with E-state index in [9.17, 15) is 14.0 Å². The molecule has 0 spiro atoms.